The van der Waals surface area contributed by atoms with Crippen molar-refractivity contribution in [2.24, 2.45) is 5.92 Å². The lowest BCUT2D eigenvalue weighted by Crippen LogP contribution is -2.32. The summed E-state index contributed by atoms with van der Waals surface area (Å²) in [6.07, 6.45) is 10.6. The van der Waals surface area contributed by atoms with Crippen LogP contribution in [0.3, 0.4) is 0 Å². The predicted octanol–water partition coefficient (Wildman–Crippen LogP) is 2.79. The molecule has 1 aromatic rings. The normalized spacial score (nSPS) is 18.8. The predicted molar refractivity (Wildman–Crippen MR) is 67.4 cm³/mol. The van der Waals surface area contributed by atoms with E-state index in [2.05, 4.69) is 29.4 Å². The maximum absolute atomic E-state index is 4.04. The summed E-state index contributed by atoms with van der Waals surface area (Å²) in [6, 6.07) is 4.78. The van der Waals surface area contributed by atoms with Crippen LogP contribution in [0.25, 0.3) is 0 Å². The monoisotopic (exact) mass is 218 g/mol. The van der Waals surface area contributed by atoms with E-state index < -0.39 is 0 Å². The zero-order valence-electron chi connectivity index (χ0n) is 10.2. The zero-order chi connectivity index (χ0) is 11.2. The number of rotatable bonds is 5. The summed E-state index contributed by atoms with van der Waals surface area (Å²) >= 11 is 0. The Balaban J connectivity index is 1.69. The molecule has 1 heterocycles. The second-order valence-electron chi connectivity index (χ2n) is 5.02. The van der Waals surface area contributed by atoms with Crippen molar-refractivity contribution in [2.75, 3.05) is 6.54 Å². The Morgan fingerprint density at radius 1 is 1.31 bits per heavy atom. The molecule has 1 fully saturated rings. The molecule has 1 aliphatic carbocycles. The van der Waals surface area contributed by atoms with Crippen molar-refractivity contribution in [3.63, 3.8) is 0 Å². The van der Waals surface area contributed by atoms with E-state index in [0.717, 1.165) is 12.3 Å². The first kappa shape index (κ1) is 11.6. The van der Waals surface area contributed by atoms with Crippen molar-refractivity contribution in [2.45, 2.75) is 45.1 Å². The van der Waals surface area contributed by atoms with Gasteiger partial charge in [0.05, 0.1) is 0 Å². The van der Waals surface area contributed by atoms with Gasteiger partial charge in [-0.1, -0.05) is 12.8 Å². The van der Waals surface area contributed by atoms with Crippen molar-refractivity contribution in [1.82, 2.24) is 10.3 Å². The highest BCUT2D eigenvalue weighted by Crippen LogP contribution is 2.23. The number of nitrogens with zero attached hydrogens (tertiary/aromatic N) is 1. The summed E-state index contributed by atoms with van der Waals surface area (Å²) < 4.78 is 0. The Bertz CT molecular complexity index is 291. The Morgan fingerprint density at radius 3 is 2.69 bits per heavy atom. The van der Waals surface area contributed by atoms with Gasteiger partial charge in [0.2, 0.25) is 0 Å². The van der Waals surface area contributed by atoms with Crippen LogP contribution >= 0.6 is 0 Å². The molecule has 1 N–H and O–H groups in total. The fourth-order valence-corrected chi connectivity index (χ4v) is 2.53. The first-order chi connectivity index (χ1) is 7.84. The molecule has 0 bridgehead atoms. The lowest BCUT2D eigenvalue weighted by molar-refractivity contribution is 0.444. The number of pyridine rings is 1. The molecular formula is C14H22N2. The number of hydrogen-bond acceptors (Lipinski definition) is 2. The molecule has 0 spiro atoms. The summed E-state index contributed by atoms with van der Waals surface area (Å²) in [4.78, 5) is 4.04. The van der Waals surface area contributed by atoms with Gasteiger partial charge in [-0.25, -0.2) is 0 Å². The Kier molecular flexibility index (Phi) is 4.34. The molecule has 1 unspecified atom stereocenters. The maximum atomic E-state index is 4.04. The SMILES string of the molecule is CC(Cc1ccncc1)NCC1CCCC1. The van der Waals surface area contributed by atoms with E-state index in [9.17, 15) is 0 Å². The van der Waals surface area contributed by atoms with Crippen LogP contribution in [0, 0.1) is 5.92 Å². The van der Waals surface area contributed by atoms with Gasteiger partial charge in [-0.15, -0.1) is 0 Å². The molecule has 2 heteroatoms. The molecule has 2 nitrogen and oxygen atoms in total. The van der Waals surface area contributed by atoms with Crippen LogP contribution in [0.15, 0.2) is 24.5 Å². The van der Waals surface area contributed by atoms with Crippen molar-refractivity contribution in [3.8, 4) is 0 Å². The van der Waals surface area contributed by atoms with E-state index in [1.165, 1.54) is 37.8 Å². The molecule has 88 valence electrons. The third-order valence-electron chi connectivity index (χ3n) is 3.52. The fourth-order valence-electron chi connectivity index (χ4n) is 2.53. The van der Waals surface area contributed by atoms with Crippen LogP contribution < -0.4 is 5.32 Å². The third-order valence-corrected chi connectivity index (χ3v) is 3.52. The number of nitrogens with one attached hydrogen (secondary N) is 1. The minimum Gasteiger partial charge on any atom is -0.314 e. The summed E-state index contributed by atoms with van der Waals surface area (Å²) in [6.45, 7) is 3.47. The van der Waals surface area contributed by atoms with Gasteiger partial charge in [-0.05, 0) is 56.3 Å². The molecule has 1 saturated carbocycles. The van der Waals surface area contributed by atoms with Crippen molar-refractivity contribution in [1.29, 1.82) is 0 Å². The molecule has 1 aromatic heterocycles. The first-order valence-electron chi connectivity index (χ1n) is 6.47. The number of hydrogen-bond donors (Lipinski definition) is 1. The second kappa shape index (κ2) is 6.00. The van der Waals surface area contributed by atoms with Gasteiger partial charge in [0.25, 0.3) is 0 Å². The van der Waals surface area contributed by atoms with Gasteiger partial charge in [-0.2, -0.15) is 0 Å². The lowest BCUT2D eigenvalue weighted by atomic mass is 10.1. The van der Waals surface area contributed by atoms with Gasteiger partial charge in [0, 0.05) is 18.4 Å². The van der Waals surface area contributed by atoms with Crippen LogP contribution in [0.5, 0.6) is 0 Å². The molecule has 0 radical (unpaired) electrons. The minimum atomic E-state index is 0.572. The first-order valence-corrected chi connectivity index (χ1v) is 6.47. The lowest BCUT2D eigenvalue weighted by Gasteiger charge is -2.17. The average Bonchev–Trinajstić information content (AvgIpc) is 2.81. The molecular weight excluding hydrogens is 196 g/mol. The standard InChI is InChI=1S/C14H22N2/c1-12(10-13-6-8-15-9-7-13)16-11-14-4-2-3-5-14/h6-9,12,14,16H,2-5,10-11H2,1H3. The summed E-state index contributed by atoms with van der Waals surface area (Å²) in [7, 11) is 0. The zero-order valence-corrected chi connectivity index (χ0v) is 10.2. The summed E-state index contributed by atoms with van der Waals surface area (Å²) in [5, 5.41) is 3.65. The van der Waals surface area contributed by atoms with E-state index in [4.69, 9.17) is 0 Å². The van der Waals surface area contributed by atoms with Gasteiger partial charge in [0.15, 0.2) is 0 Å². The third kappa shape index (κ3) is 3.60. The Labute approximate surface area is 98.5 Å². The smallest absolute Gasteiger partial charge is 0.0270 e. The summed E-state index contributed by atoms with van der Waals surface area (Å²) in [5.41, 5.74) is 1.38. The Morgan fingerprint density at radius 2 is 2.00 bits per heavy atom. The second-order valence-corrected chi connectivity index (χ2v) is 5.02. The highest BCUT2D eigenvalue weighted by atomic mass is 14.9. The van der Waals surface area contributed by atoms with E-state index in [0.29, 0.717) is 6.04 Å². The fraction of sp³-hybridized carbons (Fsp3) is 0.643. The molecule has 0 aromatic carbocycles. The van der Waals surface area contributed by atoms with Crippen LogP contribution in [0.2, 0.25) is 0 Å². The van der Waals surface area contributed by atoms with Crippen LogP contribution in [0.4, 0.5) is 0 Å². The van der Waals surface area contributed by atoms with Gasteiger partial charge >= 0.3 is 0 Å². The van der Waals surface area contributed by atoms with Gasteiger partial charge in [0.1, 0.15) is 0 Å². The van der Waals surface area contributed by atoms with Crippen molar-refractivity contribution < 1.29 is 0 Å². The maximum Gasteiger partial charge on any atom is 0.0270 e. The van der Waals surface area contributed by atoms with Crippen LogP contribution in [0.1, 0.15) is 38.2 Å². The van der Waals surface area contributed by atoms with Gasteiger partial charge in [-0.3, -0.25) is 4.98 Å². The quantitative estimate of drug-likeness (QED) is 0.822. The van der Waals surface area contributed by atoms with E-state index in [1.54, 1.807) is 0 Å². The molecule has 2 rings (SSSR count). The van der Waals surface area contributed by atoms with E-state index >= 15 is 0 Å². The van der Waals surface area contributed by atoms with E-state index in [-0.39, 0.29) is 0 Å². The van der Waals surface area contributed by atoms with Gasteiger partial charge < -0.3 is 5.32 Å². The highest BCUT2D eigenvalue weighted by Gasteiger charge is 2.15. The summed E-state index contributed by atoms with van der Waals surface area (Å²) in [5.74, 6) is 0.930. The largest absolute Gasteiger partial charge is 0.314 e. The molecule has 1 aliphatic rings. The molecule has 1 atom stereocenters. The van der Waals surface area contributed by atoms with Crippen LogP contribution in [-0.4, -0.2) is 17.6 Å². The molecule has 0 amide bonds. The molecule has 0 saturated heterocycles. The highest BCUT2D eigenvalue weighted by molar-refractivity contribution is 5.10. The number of aromatic nitrogens is 1. The Hall–Kier alpha value is -0.890. The average molecular weight is 218 g/mol. The van der Waals surface area contributed by atoms with E-state index in [1.807, 2.05) is 12.4 Å². The topological polar surface area (TPSA) is 24.9 Å². The molecule has 0 aliphatic heterocycles. The minimum absolute atomic E-state index is 0.572. The van der Waals surface area contributed by atoms with Crippen LogP contribution in [-0.2, 0) is 6.42 Å². The molecule has 16 heavy (non-hydrogen) atoms. The van der Waals surface area contributed by atoms with Crippen molar-refractivity contribution in [3.05, 3.63) is 30.1 Å². The van der Waals surface area contributed by atoms with Crippen molar-refractivity contribution >= 4 is 0 Å².